The van der Waals surface area contributed by atoms with Gasteiger partial charge in [-0.15, -0.1) is 0 Å². The van der Waals surface area contributed by atoms with Crippen LogP contribution >= 0.6 is 0 Å². The van der Waals surface area contributed by atoms with E-state index < -0.39 is 5.97 Å². The van der Waals surface area contributed by atoms with Crippen molar-refractivity contribution in [2.24, 2.45) is 0 Å². The molecule has 1 saturated heterocycles. The van der Waals surface area contributed by atoms with Crippen LogP contribution in [0.25, 0.3) is 0 Å². The van der Waals surface area contributed by atoms with E-state index >= 15 is 0 Å². The lowest BCUT2D eigenvalue weighted by molar-refractivity contribution is 0.0698. The SMILES string of the molecule is CN(C)C1CCN(c2cc(C(=O)O)c(N)cn2)C1. The van der Waals surface area contributed by atoms with Crippen LogP contribution in [0.5, 0.6) is 0 Å². The molecule has 2 heterocycles. The molecule has 98 valence electrons. The molecule has 3 N–H and O–H groups in total. The molecule has 0 aromatic carbocycles. The number of likely N-dealkylation sites (N-methyl/N-ethyl adjacent to an activating group) is 1. The zero-order valence-electron chi connectivity index (χ0n) is 10.6. The second-order valence-corrected chi connectivity index (χ2v) is 4.79. The lowest BCUT2D eigenvalue weighted by atomic mass is 10.2. The molecule has 0 amide bonds. The Balaban J connectivity index is 2.20. The van der Waals surface area contributed by atoms with Crippen molar-refractivity contribution in [1.29, 1.82) is 0 Å². The first-order chi connectivity index (χ1) is 8.49. The van der Waals surface area contributed by atoms with Crippen molar-refractivity contribution in [3.05, 3.63) is 17.8 Å². The molecule has 2 rings (SSSR count). The maximum Gasteiger partial charge on any atom is 0.337 e. The molecule has 0 aliphatic carbocycles. The summed E-state index contributed by atoms with van der Waals surface area (Å²) >= 11 is 0. The van der Waals surface area contributed by atoms with Crippen LogP contribution in [0.4, 0.5) is 11.5 Å². The Labute approximate surface area is 106 Å². The summed E-state index contributed by atoms with van der Waals surface area (Å²) in [5, 5.41) is 9.04. The van der Waals surface area contributed by atoms with Gasteiger partial charge in [-0.25, -0.2) is 9.78 Å². The largest absolute Gasteiger partial charge is 0.478 e. The maximum atomic E-state index is 11.0. The summed E-state index contributed by atoms with van der Waals surface area (Å²) in [5.41, 5.74) is 5.92. The molecule has 1 fully saturated rings. The van der Waals surface area contributed by atoms with Crippen LogP contribution in [-0.2, 0) is 0 Å². The second kappa shape index (κ2) is 4.81. The monoisotopic (exact) mass is 250 g/mol. The number of hydrogen-bond donors (Lipinski definition) is 2. The van der Waals surface area contributed by atoms with E-state index in [2.05, 4.69) is 14.8 Å². The van der Waals surface area contributed by atoms with Crippen LogP contribution in [0.1, 0.15) is 16.8 Å². The summed E-state index contributed by atoms with van der Waals surface area (Å²) in [6, 6.07) is 2.04. The van der Waals surface area contributed by atoms with Crippen molar-refractivity contribution in [3.8, 4) is 0 Å². The van der Waals surface area contributed by atoms with Crippen LogP contribution < -0.4 is 10.6 Å². The quantitative estimate of drug-likeness (QED) is 0.813. The van der Waals surface area contributed by atoms with Gasteiger partial charge in [-0.3, -0.25) is 0 Å². The molecule has 6 heteroatoms. The van der Waals surface area contributed by atoms with Gasteiger partial charge in [-0.2, -0.15) is 0 Å². The highest BCUT2D eigenvalue weighted by Crippen LogP contribution is 2.23. The molecule has 0 radical (unpaired) electrons. The number of nitrogen functional groups attached to an aromatic ring is 1. The molecule has 1 unspecified atom stereocenters. The van der Waals surface area contributed by atoms with Gasteiger partial charge in [0.15, 0.2) is 0 Å². The summed E-state index contributed by atoms with van der Waals surface area (Å²) in [6.45, 7) is 1.75. The molecule has 0 saturated carbocycles. The third-order valence-corrected chi connectivity index (χ3v) is 3.37. The topological polar surface area (TPSA) is 82.7 Å². The van der Waals surface area contributed by atoms with Gasteiger partial charge in [0.2, 0.25) is 0 Å². The Morgan fingerprint density at radius 3 is 2.89 bits per heavy atom. The molecule has 1 atom stereocenters. The fourth-order valence-electron chi connectivity index (χ4n) is 2.18. The number of nitrogens with two attached hydrogens (primary N) is 1. The van der Waals surface area contributed by atoms with Crippen molar-refractivity contribution in [2.75, 3.05) is 37.8 Å². The van der Waals surface area contributed by atoms with Crippen molar-refractivity contribution in [3.63, 3.8) is 0 Å². The van der Waals surface area contributed by atoms with Crippen molar-refractivity contribution >= 4 is 17.5 Å². The van der Waals surface area contributed by atoms with E-state index in [-0.39, 0.29) is 11.3 Å². The highest BCUT2D eigenvalue weighted by molar-refractivity contribution is 5.94. The van der Waals surface area contributed by atoms with Crippen LogP contribution in [0, 0.1) is 0 Å². The molecule has 1 aliphatic rings. The molecule has 1 aromatic rings. The van der Waals surface area contributed by atoms with E-state index in [1.54, 1.807) is 6.07 Å². The molecular weight excluding hydrogens is 232 g/mol. The number of carboxylic acids is 1. The number of carboxylic acid groups (broad SMARTS) is 1. The number of rotatable bonds is 3. The van der Waals surface area contributed by atoms with Crippen LogP contribution in [0.2, 0.25) is 0 Å². The van der Waals surface area contributed by atoms with E-state index in [1.165, 1.54) is 6.20 Å². The molecule has 18 heavy (non-hydrogen) atoms. The van der Waals surface area contributed by atoms with Gasteiger partial charge >= 0.3 is 5.97 Å². The average Bonchev–Trinajstić information content (AvgIpc) is 2.78. The lowest BCUT2D eigenvalue weighted by Crippen LogP contribution is -2.31. The van der Waals surface area contributed by atoms with Gasteiger partial charge in [0.05, 0.1) is 17.4 Å². The Morgan fingerprint density at radius 1 is 1.61 bits per heavy atom. The van der Waals surface area contributed by atoms with E-state index in [1.807, 2.05) is 14.1 Å². The minimum atomic E-state index is -1.01. The van der Waals surface area contributed by atoms with Crippen LogP contribution in [0.15, 0.2) is 12.3 Å². The number of pyridine rings is 1. The molecule has 0 spiro atoms. The molecule has 6 nitrogen and oxygen atoms in total. The van der Waals surface area contributed by atoms with Gasteiger partial charge in [-0.1, -0.05) is 0 Å². The van der Waals surface area contributed by atoms with Crippen LogP contribution in [0.3, 0.4) is 0 Å². The predicted molar refractivity (Wildman–Crippen MR) is 69.9 cm³/mol. The van der Waals surface area contributed by atoms with Crippen LogP contribution in [-0.4, -0.2) is 54.2 Å². The summed E-state index contributed by atoms with van der Waals surface area (Å²) in [5.74, 6) is -0.328. The second-order valence-electron chi connectivity index (χ2n) is 4.79. The molecule has 1 aromatic heterocycles. The van der Waals surface area contributed by atoms with Gasteiger partial charge in [0, 0.05) is 19.1 Å². The van der Waals surface area contributed by atoms with Crippen molar-refractivity contribution in [2.45, 2.75) is 12.5 Å². The number of hydrogen-bond acceptors (Lipinski definition) is 5. The standard InChI is InChI=1S/C12H18N4O2/c1-15(2)8-3-4-16(7-8)11-5-9(12(17)18)10(13)6-14-11/h5-6,8H,3-4,7,13H2,1-2H3,(H,17,18). The number of aromatic nitrogens is 1. The number of nitrogens with zero attached hydrogens (tertiary/aromatic N) is 3. The minimum Gasteiger partial charge on any atom is -0.478 e. The highest BCUT2D eigenvalue weighted by Gasteiger charge is 2.25. The fourth-order valence-corrected chi connectivity index (χ4v) is 2.18. The van der Waals surface area contributed by atoms with Gasteiger partial charge in [-0.05, 0) is 26.6 Å². The summed E-state index contributed by atoms with van der Waals surface area (Å²) in [7, 11) is 4.10. The first-order valence-electron chi connectivity index (χ1n) is 5.89. The van der Waals surface area contributed by atoms with Gasteiger partial charge in [0.25, 0.3) is 0 Å². The number of aromatic carboxylic acids is 1. The third kappa shape index (κ3) is 2.38. The third-order valence-electron chi connectivity index (χ3n) is 3.37. The lowest BCUT2D eigenvalue weighted by Gasteiger charge is -2.21. The highest BCUT2D eigenvalue weighted by atomic mass is 16.4. The summed E-state index contributed by atoms with van der Waals surface area (Å²) in [6.07, 6.45) is 2.48. The van der Waals surface area contributed by atoms with Crippen molar-refractivity contribution in [1.82, 2.24) is 9.88 Å². The Kier molecular flexibility index (Phi) is 3.38. The van der Waals surface area contributed by atoms with E-state index in [0.717, 1.165) is 19.5 Å². The Bertz CT molecular complexity index is 461. The molecule has 1 aliphatic heterocycles. The number of anilines is 2. The average molecular weight is 250 g/mol. The first-order valence-corrected chi connectivity index (χ1v) is 5.89. The Hall–Kier alpha value is -1.82. The predicted octanol–water partition coefficient (Wildman–Crippen LogP) is 0.502. The smallest absolute Gasteiger partial charge is 0.337 e. The van der Waals surface area contributed by atoms with Crippen molar-refractivity contribution < 1.29 is 9.90 Å². The van der Waals surface area contributed by atoms with E-state index in [4.69, 9.17) is 10.8 Å². The number of carbonyl (C=O) groups is 1. The molecule has 0 bridgehead atoms. The van der Waals surface area contributed by atoms with E-state index in [9.17, 15) is 4.79 Å². The first kappa shape index (κ1) is 12.6. The Morgan fingerprint density at radius 2 is 2.33 bits per heavy atom. The normalized spacial score (nSPS) is 19.5. The maximum absolute atomic E-state index is 11.0. The summed E-state index contributed by atoms with van der Waals surface area (Å²) < 4.78 is 0. The van der Waals surface area contributed by atoms with E-state index in [0.29, 0.717) is 11.9 Å². The zero-order valence-corrected chi connectivity index (χ0v) is 10.6. The van der Waals surface area contributed by atoms with Gasteiger partial charge < -0.3 is 20.6 Å². The molecular formula is C12H18N4O2. The van der Waals surface area contributed by atoms with Gasteiger partial charge in [0.1, 0.15) is 5.82 Å². The fraction of sp³-hybridized carbons (Fsp3) is 0.500. The zero-order chi connectivity index (χ0) is 13.3. The minimum absolute atomic E-state index is 0.119. The summed E-state index contributed by atoms with van der Waals surface area (Å²) in [4.78, 5) is 19.5.